The molecule has 4 nitrogen and oxygen atoms in total. The third-order valence-corrected chi connectivity index (χ3v) is 2.03. The number of hydrogen-bond donors (Lipinski definition) is 2. The van der Waals surface area contributed by atoms with Gasteiger partial charge in [0.05, 0.1) is 6.54 Å². The summed E-state index contributed by atoms with van der Waals surface area (Å²) in [7, 11) is 0. The number of nitrogens with one attached hydrogen (secondary N) is 1. The van der Waals surface area contributed by atoms with Crippen molar-refractivity contribution in [1.29, 1.82) is 0 Å². The van der Waals surface area contributed by atoms with E-state index in [4.69, 9.17) is 5.11 Å². The van der Waals surface area contributed by atoms with Crippen LogP contribution in [0.5, 0.6) is 0 Å². The minimum atomic E-state index is 0.140. The number of aliphatic hydroxyl groups excluding tert-OH is 1. The van der Waals surface area contributed by atoms with Crippen molar-refractivity contribution in [2.24, 2.45) is 0 Å². The molecular weight excluding hydrogens is 156 g/mol. The smallest absolute Gasteiger partial charge is 0.236 e. The van der Waals surface area contributed by atoms with Gasteiger partial charge in [0.25, 0.3) is 0 Å². The molecule has 0 saturated carbocycles. The third kappa shape index (κ3) is 2.46. The standard InChI is InChI=1S/C8H16N2O2/c1-7-6-10(3-2-4-11)8(12)5-9-7/h7,9,11H,2-6H2,1H3. The van der Waals surface area contributed by atoms with Gasteiger partial charge in [-0.3, -0.25) is 4.79 Å². The molecule has 0 bridgehead atoms. The summed E-state index contributed by atoms with van der Waals surface area (Å²) in [6.45, 7) is 4.09. The Hall–Kier alpha value is -0.610. The Balaban J connectivity index is 2.33. The van der Waals surface area contributed by atoms with Gasteiger partial charge in [0.2, 0.25) is 5.91 Å². The average molecular weight is 172 g/mol. The van der Waals surface area contributed by atoms with Gasteiger partial charge in [0.1, 0.15) is 0 Å². The van der Waals surface area contributed by atoms with Gasteiger partial charge in [-0.1, -0.05) is 0 Å². The Bertz CT molecular complexity index is 161. The van der Waals surface area contributed by atoms with Crippen molar-refractivity contribution in [1.82, 2.24) is 10.2 Å². The first-order chi connectivity index (χ1) is 5.74. The van der Waals surface area contributed by atoms with E-state index in [-0.39, 0.29) is 12.5 Å². The number of amides is 1. The number of carbonyl (C=O) groups excluding carboxylic acids is 1. The SMILES string of the molecule is CC1CN(CCCO)C(=O)CN1. The van der Waals surface area contributed by atoms with Crippen molar-refractivity contribution in [3.05, 3.63) is 0 Å². The summed E-state index contributed by atoms with van der Waals surface area (Å²) in [4.78, 5) is 13.0. The zero-order valence-electron chi connectivity index (χ0n) is 7.42. The highest BCUT2D eigenvalue weighted by Gasteiger charge is 2.21. The van der Waals surface area contributed by atoms with Crippen LogP contribution in [0.25, 0.3) is 0 Å². The summed E-state index contributed by atoms with van der Waals surface area (Å²) in [6.07, 6.45) is 0.679. The molecule has 1 unspecified atom stereocenters. The van der Waals surface area contributed by atoms with Crippen molar-refractivity contribution in [3.63, 3.8) is 0 Å². The Morgan fingerprint density at radius 1 is 1.75 bits per heavy atom. The summed E-state index contributed by atoms with van der Waals surface area (Å²) in [5.41, 5.74) is 0. The molecule has 0 aliphatic carbocycles. The summed E-state index contributed by atoms with van der Waals surface area (Å²) in [5, 5.41) is 11.7. The lowest BCUT2D eigenvalue weighted by molar-refractivity contribution is -0.133. The number of aliphatic hydroxyl groups is 1. The maximum Gasteiger partial charge on any atom is 0.236 e. The number of carbonyl (C=O) groups is 1. The highest BCUT2D eigenvalue weighted by atomic mass is 16.3. The number of rotatable bonds is 3. The van der Waals surface area contributed by atoms with E-state index in [2.05, 4.69) is 12.2 Å². The quantitative estimate of drug-likeness (QED) is 0.585. The molecule has 0 spiro atoms. The molecular formula is C8H16N2O2. The first-order valence-electron chi connectivity index (χ1n) is 4.36. The van der Waals surface area contributed by atoms with Crippen molar-refractivity contribution < 1.29 is 9.90 Å². The van der Waals surface area contributed by atoms with E-state index in [1.165, 1.54) is 0 Å². The molecule has 1 atom stereocenters. The molecule has 1 aliphatic heterocycles. The lowest BCUT2D eigenvalue weighted by atomic mass is 10.2. The van der Waals surface area contributed by atoms with Gasteiger partial charge < -0.3 is 15.3 Å². The van der Waals surface area contributed by atoms with Gasteiger partial charge in [0.15, 0.2) is 0 Å². The first-order valence-corrected chi connectivity index (χ1v) is 4.36. The van der Waals surface area contributed by atoms with Crippen LogP contribution in [0.15, 0.2) is 0 Å². The van der Waals surface area contributed by atoms with Crippen LogP contribution >= 0.6 is 0 Å². The fourth-order valence-corrected chi connectivity index (χ4v) is 1.35. The lowest BCUT2D eigenvalue weighted by Crippen LogP contribution is -2.53. The molecule has 1 amide bonds. The van der Waals surface area contributed by atoms with E-state index in [0.717, 1.165) is 6.54 Å². The van der Waals surface area contributed by atoms with Crippen LogP contribution < -0.4 is 5.32 Å². The molecule has 1 heterocycles. The minimum absolute atomic E-state index is 0.140. The van der Waals surface area contributed by atoms with Gasteiger partial charge in [-0.25, -0.2) is 0 Å². The molecule has 1 fully saturated rings. The molecule has 1 aliphatic rings. The summed E-state index contributed by atoms with van der Waals surface area (Å²) >= 11 is 0. The Labute approximate surface area is 72.6 Å². The summed E-state index contributed by atoms with van der Waals surface area (Å²) in [6, 6.07) is 0.376. The molecule has 4 heteroatoms. The molecule has 0 aromatic rings. The molecule has 0 radical (unpaired) electrons. The predicted molar refractivity (Wildman–Crippen MR) is 45.7 cm³/mol. The van der Waals surface area contributed by atoms with Crippen molar-refractivity contribution in [3.8, 4) is 0 Å². The molecule has 12 heavy (non-hydrogen) atoms. The molecule has 0 aromatic carbocycles. The minimum Gasteiger partial charge on any atom is -0.396 e. The molecule has 2 N–H and O–H groups in total. The van der Waals surface area contributed by atoms with Gasteiger partial charge in [-0.05, 0) is 13.3 Å². The van der Waals surface area contributed by atoms with Gasteiger partial charge in [0, 0.05) is 25.7 Å². The van der Waals surface area contributed by atoms with Crippen LogP contribution in [0, 0.1) is 0 Å². The second-order valence-corrected chi connectivity index (χ2v) is 3.20. The Morgan fingerprint density at radius 2 is 2.50 bits per heavy atom. The fourth-order valence-electron chi connectivity index (χ4n) is 1.35. The molecule has 1 saturated heterocycles. The van der Waals surface area contributed by atoms with Gasteiger partial charge >= 0.3 is 0 Å². The maximum atomic E-state index is 11.2. The number of hydrogen-bond acceptors (Lipinski definition) is 3. The molecule has 1 rings (SSSR count). The van der Waals surface area contributed by atoms with Gasteiger partial charge in [-0.2, -0.15) is 0 Å². The first kappa shape index (κ1) is 9.48. The number of piperazine rings is 1. The fraction of sp³-hybridized carbons (Fsp3) is 0.875. The van der Waals surface area contributed by atoms with Crippen LogP contribution in [-0.2, 0) is 4.79 Å². The second-order valence-electron chi connectivity index (χ2n) is 3.20. The van der Waals surface area contributed by atoms with Crippen molar-refractivity contribution >= 4 is 5.91 Å². The van der Waals surface area contributed by atoms with E-state index in [0.29, 0.717) is 25.6 Å². The van der Waals surface area contributed by atoms with Crippen LogP contribution in [-0.4, -0.2) is 48.2 Å². The highest BCUT2D eigenvalue weighted by Crippen LogP contribution is 2.00. The van der Waals surface area contributed by atoms with Gasteiger partial charge in [-0.15, -0.1) is 0 Å². The van der Waals surface area contributed by atoms with Crippen LogP contribution in [0.1, 0.15) is 13.3 Å². The zero-order valence-corrected chi connectivity index (χ0v) is 7.42. The van der Waals surface area contributed by atoms with E-state index < -0.39 is 0 Å². The lowest BCUT2D eigenvalue weighted by Gasteiger charge is -2.31. The average Bonchev–Trinajstić information content (AvgIpc) is 2.07. The van der Waals surface area contributed by atoms with Crippen molar-refractivity contribution in [2.75, 3.05) is 26.2 Å². The van der Waals surface area contributed by atoms with Crippen molar-refractivity contribution in [2.45, 2.75) is 19.4 Å². The topological polar surface area (TPSA) is 52.6 Å². The monoisotopic (exact) mass is 172 g/mol. The summed E-state index contributed by atoms with van der Waals surface area (Å²) in [5.74, 6) is 0.140. The predicted octanol–water partition coefficient (Wildman–Crippen LogP) is -0.811. The third-order valence-electron chi connectivity index (χ3n) is 2.03. The Kier molecular flexibility index (Phi) is 3.49. The highest BCUT2D eigenvalue weighted by molar-refractivity contribution is 5.79. The van der Waals surface area contributed by atoms with E-state index in [1.807, 2.05) is 0 Å². The van der Waals surface area contributed by atoms with E-state index in [1.54, 1.807) is 4.90 Å². The van der Waals surface area contributed by atoms with Crippen LogP contribution in [0.3, 0.4) is 0 Å². The normalized spacial score (nSPS) is 24.7. The summed E-state index contributed by atoms with van der Waals surface area (Å²) < 4.78 is 0. The van der Waals surface area contributed by atoms with Crippen LogP contribution in [0.2, 0.25) is 0 Å². The van der Waals surface area contributed by atoms with Crippen LogP contribution in [0.4, 0.5) is 0 Å². The Morgan fingerprint density at radius 3 is 3.17 bits per heavy atom. The van der Waals surface area contributed by atoms with E-state index in [9.17, 15) is 4.79 Å². The second kappa shape index (κ2) is 4.42. The van der Waals surface area contributed by atoms with E-state index >= 15 is 0 Å². The molecule has 70 valence electrons. The largest absolute Gasteiger partial charge is 0.396 e. The number of nitrogens with zero attached hydrogens (tertiary/aromatic N) is 1. The molecule has 0 aromatic heterocycles. The zero-order chi connectivity index (χ0) is 8.97. The maximum absolute atomic E-state index is 11.2.